The lowest BCUT2D eigenvalue weighted by molar-refractivity contribution is -0.139. The van der Waals surface area contributed by atoms with Crippen LogP contribution in [0.3, 0.4) is 0 Å². The van der Waals surface area contributed by atoms with Crippen molar-refractivity contribution in [1.29, 1.82) is 0 Å². The minimum absolute atomic E-state index is 0.0278. The summed E-state index contributed by atoms with van der Waals surface area (Å²) in [5.41, 5.74) is 5.27. The monoisotopic (exact) mass is 223 g/mol. The minimum atomic E-state index is -0.913. The summed E-state index contributed by atoms with van der Waals surface area (Å²) in [6.45, 7) is 9.62. The Balaban J connectivity index is 0. The Kier molecular flexibility index (Phi) is 8.16. The molecule has 86 valence electrons. The van der Waals surface area contributed by atoms with Crippen molar-refractivity contribution in [2.45, 2.75) is 52.0 Å². The second kappa shape index (κ2) is 7.07. The number of carbonyl (C=O) groups is 1. The van der Waals surface area contributed by atoms with E-state index in [1.54, 1.807) is 0 Å². The zero-order chi connectivity index (χ0) is 11.9. The number of alkyl halides is 1. The molecule has 0 saturated heterocycles. The number of carboxylic acids is 1. The predicted molar refractivity (Wildman–Crippen MR) is 60.7 cm³/mol. The Morgan fingerprint density at radius 3 is 1.86 bits per heavy atom. The Morgan fingerprint density at radius 2 is 1.79 bits per heavy atom. The molecule has 0 bridgehead atoms. The molecule has 0 spiro atoms. The fourth-order valence-electron chi connectivity index (χ4n) is 0.497. The van der Waals surface area contributed by atoms with Gasteiger partial charge in [0, 0.05) is 4.87 Å². The molecule has 0 aliphatic heterocycles. The van der Waals surface area contributed by atoms with Crippen molar-refractivity contribution < 1.29 is 9.90 Å². The van der Waals surface area contributed by atoms with Gasteiger partial charge in [-0.15, -0.1) is 11.6 Å². The van der Waals surface area contributed by atoms with Gasteiger partial charge in [-0.25, -0.2) is 0 Å². The maximum Gasteiger partial charge on any atom is 0.320 e. The standard InChI is InChI=1S/C6H13NO2.C4H9Cl/c1-3-4(2)5(7)6(8)9;1-4(2,3)5/h4-5H,3,7H2,1-2H3,(H,8,9);1-3H3. The summed E-state index contributed by atoms with van der Waals surface area (Å²) in [7, 11) is 0. The summed E-state index contributed by atoms with van der Waals surface area (Å²) in [6.07, 6.45) is 0.813. The van der Waals surface area contributed by atoms with Crippen LogP contribution in [-0.2, 0) is 4.79 Å². The zero-order valence-electron chi connectivity index (χ0n) is 9.67. The SMILES string of the molecule is CC(C)(C)Cl.CCC(C)C(N)C(=O)O. The first-order chi connectivity index (χ1) is 6.09. The van der Waals surface area contributed by atoms with Crippen molar-refractivity contribution in [3.63, 3.8) is 0 Å². The van der Waals surface area contributed by atoms with E-state index in [1.165, 1.54) is 0 Å². The van der Waals surface area contributed by atoms with Crippen molar-refractivity contribution in [1.82, 2.24) is 0 Å². The Labute approximate surface area is 91.6 Å². The second-order valence-electron chi connectivity index (χ2n) is 4.32. The van der Waals surface area contributed by atoms with Gasteiger partial charge in [0.2, 0.25) is 0 Å². The van der Waals surface area contributed by atoms with Crippen LogP contribution < -0.4 is 5.73 Å². The van der Waals surface area contributed by atoms with Crippen LogP contribution in [0.1, 0.15) is 41.0 Å². The Bertz CT molecular complexity index is 160. The van der Waals surface area contributed by atoms with Gasteiger partial charge >= 0.3 is 5.97 Å². The second-order valence-corrected chi connectivity index (χ2v) is 5.45. The molecule has 0 amide bonds. The van der Waals surface area contributed by atoms with Crippen molar-refractivity contribution in [2.24, 2.45) is 11.7 Å². The van der Waals surface area contributed by atoms with E-state index >= 15 is 0 Å². The van der Waals surface area contributed by atoms with Gasteiger partial charge in [0.25, 0.3) is 0 Å². The molecule has 4 heteroatoms. The largest absolute Gasteiger partial charge is 0.480 e. The Morgan fingerprint density at radius 1 is 1.50 bits per heavy atom. The van der Waals surface area contributed by atoms with Crippen LogP contribution >= 0.6 is 11.6 Å². The van der Waals surface area contributed by atoms with Gasteiger partial charge in [0.15, 0.2) is 0 Å². The molecule has 0 aromatic heterocycles. The first-order valence-corrected chi connectivity index (χ1v) is 5.14. The Hall–Kier alpha value is -0.280. The van der Waals surface area contributed by atoms with Crippen LogP contribution in [0.15, 0.2) is 0 Å². The molecule has 2 unspecified atom stereocenters. The van der Waals surface area contributed by atoms with Crippen molar-refractivity contribution in [3.8, 4) is 0 Å². The molecule has 3 N–H and O–H groups in total. The average molecular weight is 224 g/mol. The summed E-state index contributed by atoms with van der Waals surface area (Å²) >= 11 is 5.53. The molecular weight excluding hydrogens is 202 g/mol. The molecule has 3 nitrogen and oxygen atoms in total. The molecule has 0 saturated carbocycles. The third kappa shape index (κ3) is 14.3. The molecule has 0 heterocycles. The van der Waals surface area contributed by atoms with E-state index in [2.05, 4.69) is 0 Å². The van der Waals surface area contributed by atoms with Crippen molar-refractivity contribution in [3.05, 3.63) is 0 Å². The zero-order valence-corrected chi connectivity index (χ0v) is 10.4. The normalized spacial score (nSPS) is 15.1. The maximum atomic E-state index is 10.2. The van der Waals surface area contributed by atoms with E-state index in [0.29, 0.717) is 0 Å². The third-order valence-corrected chi connectivity index (χ3v) is 1.54. The molecule has 0 aromatic carbocycles. The smallest absolute Gasteiger partial charge is 0.320 e. The van der Waals surface area contributed by atoms with E-state index in [0.717, 1.165) is 6.42 Å². The highest BCUT2D eigenvalue weighted by Gasteiger charge is 2.17. The number of rotatable bonds is 3. The highest BCUT2D eigenvalue weighted by Crippen LogP contribution is 2.08. The number of halogens is 1. The molecule has 0 rings (SSSR count). The van der Waals surface area contributed by atoms with Gasteiger partial charge in [-0.3, -0.25) is 4.79 Å². The van der Waals surface area contributed by atoms with Crippen LogP contribution in [-0.4, -0.2) is 22.0 Å². The maximum absolute atomic E-state index is 10.2. The first-order valence-electron chi connectivity index (χ1n) is 4.76. The summed E-state index contributed by atoms with van der Waals surface area (Å²) < 4.78 is 0. The van der Waals surface area contributed by atoms with E-state index < -0.39 is 12.0 Å². The van der Waals surface area contributed by atoms with E-state index in [1.807, 2.05) is 34.6 Å². The summed E-state index contributed by atoms with van der Waals surface area (Å²) in [6, 6.07) is -0.699. The lowest BCUT2D eigenvalue weighted by Crippen LogP contribution is -2.36. The minimum Gasteiger partial charge on any atom is -0.480 e. The molecule has 2 atom stereocenters. The lowest BCUT2D eigenvalue weighted by atomic mass is 10.0. The number of hydrogen-bond donors (Lipinski definition) is 2. The highest BCUT2D eigenvalue weighted by molar-refractivity contribution is 6.23. The molecule has 0 aromatic rings. The molecule has 0 radical (unpaired) electrons. The number of nitrogens with two attached hydrogens (primary N) is 1. The highest BCUT2D eigenvalue weighted by atomic mass is 35.5. The summed E-state index contributed by atoms with van der Waals surface area (Å²) in [5, 5.41) is 8.36. The quantitative estimate of drug-likeness (QED) is 0.723. The van der Waals surface area contributed by atoms with Crippen LogP contribution in [0.2, 0.25) is 0 Å². The summed E-state index contributed by atoms with van der Waals surface area (Å²) in [4.78, 5) is 10.1. The van der Waals surface area contributed by atoms with Crippen LogP contribution in [0.4, 0.5) is 0 Å². The molecule has 0 aliphatic carbocycles. The van der Waals surface area contributed by atoms with Gasteiger partial charge in [0.1, 0.15) is 6.04 Å². The number of aliphatic carboxylic acids is 1. The fraction of sp³-hybridized carbons (Fsp3) is 0.900. The third-order valence-electron chi connectivity index (χ3n) is 1.54. The van der Waals surface area contributed by atoms with E-state index in [4.69, 9.17) is 22.4 Å². The van der Waals surface area contributed by atoms with Gasteiger partial charge in [-0.2, -0.15) is 0 Å². The van der Waals surface area contributed by atoms with Gasteiger partial charge in [-0.1, -0.05) is 20.3 Å². The van der Waals surface area contributed by atoms with Crippen LogP contribution in [0.25, 0.3) is 0 Å². The molecule has 14 heavy (non-hydrogen) atoms. The lowest BCUT2D eigenvalue weighted by Gasteiger charge is -2.11. The molecule has 0 fully saturated rings. The average Bonchev–Trinajstić information content (AvgIpc) is 1.98. The fourth-order valence-corrected chi connectivity index (χ4v) is 0.497. The topological polar surface area (TPSA) is 63.3 Å². The van der Waals surface area contributed by atoms with Crippen LogP contribution in [0, 0.1) is 5.92 Å². The van der Waals surface area contributed by atoms with Crippen molar-refractivity contribution >= 4 is 17.6 Å². The first kappa shape index (κ1) is 16.2. The van der Waals surface area contributed by atoms with Gasteiger partial charge in [0.05, 0.1) is 0 Å². The molecular formula is C10H22ClNO2. The van der Waals surface area contributed by atoms with E-state index in [-0.39, 0.29) is 10.8 Å². The van der Waals surface area contributed by atoms with Crippen LogP contribution in [0.5, 0.6) is 0 Å². The summed E-state index contributed by atoms with van der Waals surface area (Å²) in [5.74, 6) is -0.841. The van der Waals surface area contributed by atoms with E-state index in [9.17, 15) is 4.79 Å². The van der Waals surface area contributed by atoms with Gasteiger partial charge < -0.3 is 10.8 Å². The van der Waals surface area contributed by atoms with Gasteiger partial charge in [-0.05, 0) is 26.7 Å². The number of carboxylic acid groups (broad SMARTS) is 1. The van der Waals surface area contributed by atoms with Crippen molar-refractivity contribution in [2.75, 3.05) is 0 Å². The molecule has 0 aliphatic rings. The predicted octanol–water partition coefficient (Wildman–Crippen LogP) is 2.47. The number of hydrogen-bond acceptors (Lipinski definition) is 2.